The molecule has 1 amide bonds. The molecule has 0 aromatic heterocycles. The molecular weight excluding hydrogens is 466 g/mol. The van der Waals surface area contributed by atoms with E-state index in [-0.39, 0.29) is 34.5 Å². The van der Waals surface area contributed by atoms with Gasteiger partial charge in [-0.05, 0) is 60.1 Å². The van der Waals surface area contributed by atoms with Gasteiger partial charge in [-0.25, -0.2) is 0 Å². The van der Waals surface area contributed by atoms with Gasteiger partial charge in [0.05, 0.1) is 29.5 Å². The van der Waals surface area contributed by atoms with Gasteiger partial charge < -0.3 is 10.4 Å². The van der Waals surface area contributed by atoms with Gasteiger partial charge in [-0.3, -0.25) is 9.59 Å². The summed E-state index contributed by atoms with van der Waals surface area (Å²) in [5.41, 5.74) is 1.02. The monoisotopic (exact) mass is 487 g/mol. The van der Waals surface area contributed by atoms with Crippen molar-refractivity contribution in [3.05, 3.63) is 63.6 Å². The van der Waals surface area contributed by atoms with Crippen LogP contribution in [0.1, 0.15) is 55.1 Å². The number of carbonyl (C=O) groups is 2. The summed E-state index contributed by atoms with van der Waals surface area (Å²) in [7, 11) is 0. The number of rotatable bonds is 8. The second-order valence-electron chi connectivity index (χ2n) is 8.05. The molecule has 0 bridgehead atoms. The van der Waals surface area contributed by atoms with E-state index in [1.54, 1.807) is 12.1 Å². The van der Waals surface area contributed by atoms with Gasteiger partial charge in [0.15, 0.2) is 0 Å². The van der Waals surface area contributed by atoms with Crippen molar-refractivity contribution < 1.29 is 27.9 Å². The highest BCUT2D eigenvalue weighted by molar-refractivity contribution is 6.33. The molecular formula is C23H22Cl2F3NO3. The van der Waals surface area contributed by atoms with E-state index in [0.29, 0.717) is 10.6 Å². The van der Waals surface area contributed by atoms with Crippen molar-refractivity contribution in [1.29, 1.82) is 0 Å². The molecule has 0 heterocycles. The molecule has 2 aromatic rings. The number of hydrogen-bond donors (Lipinski definition) is 2. The second kappa shape index (κ2) is 10.1. The van der Waals surface area contributed by atoms with Gasteiger partial charge in [-0.15, -0.1) is 0 Å². The molecule has 0 spiro atoms. The van der Waals surface area contributed by atoms with Crippen LogP contribution in [0.2, 0.25) is 10.0 Å². The number of anilines is 1. The van der Waals surface area contributed by atoms with Gasteiger partial charge in [0.25, 0.3) is 0 Å². The van der Waals surface area contributed by atoms with Crippen LogP contribution in [0.25, 0.3) is 0 Å². The standard InChI is InChI=1S/C23H22Cl2F3NO3/c24-16-7-4-14(5-8-16)18(12-23(26,27)28)22(32)29-20-10-15(6-9-19(20)25)17(11-21(30)31)13-2-1-3-13/h4-10,13,17-18H,1-3,11-12H2,(H,29,32)(H,30,31)/t17?,18-/m0/s1. The lowest BCUT2D eigenvalue weighted by atomic mass is 9.71. The Morgan fingerprint density at radius 2 is 1.69 bits per heavy atom. The molecule has 1 fully saturated rings. The first-order valence-corrected chi connectivity index (χ1v) is 10.9. The van der Waals surface area contributed by atoms with Gasteiger partial charge >= 0.3 is 12.1 Å². The molecule has 0 saturated heterocycles. The predicted molar refractivity (Wildman–Crippen MR) is 117 cm³/mol. The van der Waals surface area contributed by atoms with E-state index in [0.717, 1.165) is 19.3 Å². The van der Waals surface area contributed by atoms with E-state index in [1.807, 2.05) is 0 Å². The molecule has 1 saturated carbocycles. The molecule has 0 aliphatic heterocycles. The number of halogens is 5. The number of hydrogen-bond acceptors (Lipinski definition) is 2. The number of carboxylic acids is 1. The smallest absolute Gasteiger partial charge is 0.390 e. The maximum atomic E-state index is 13.2. The largest absolute Gasteiger partial charge is 0.481 e. The number of amides is 1. The Hall–Kier alpha value is -2.25. The van der Waals surface area contributed by atoms with Crippen LogP contribution >= 0.6 is 23.2 Å². The quantitative estimate of drug-likeness (QED) is 0.420. The van der Waals surface area contributed by atoms with Crippen molar-refractivity contribution in [1.82, 2.24) is 0 Å². The lowest BCUT2D eigenvalue weighted by molar-refractivity contribution is -0.146. The SMILES string of the molecule is O=C(O)CC(c1ccc(Cl)c(NC(=O)[C@@H](CC(F)(F)F)c2ccc(Cl)cc2)c1)C1CCC1. The third-order valence-electron chi connectivity index (χ3n) is 5.81. The molecule has 9 heteroatoms. The number of aliphatic carboxylic acids is 1. The van der Waals surface area contributed by atoms with Gasteiger partial charge in [0.1, 0.15) is 0 Å². The van der Waals surface area contributed by atoms with E-state index in [4.69, 9.17) is 23.2 Å². The van der Waals surface area contributed by atoms with E-state index in [1.165, 1.54) is 30.3 Å². The summed E-state index contributed by atoms with van der Waals surface area (Å²) < 4.78 is 39.6. The van der Waals surface area contributed by atoms with E-state index in [9.17, 15) is 27.9 Å². The van der Waals surface area contributed by atoms with Gasteiger partial charge in [-0.1, -0.05) is 47.8 Å². The minimum atomic E-state index is -4.57. The summed E-state index contributed by atoms with van der Waals surface area (Å²) >= 11 is 12.0. The number of alkyl halides is 3. The first-order valence-electron chi connectivity index (χ1n) is 10.2. The molecule has 0 radical (unpaired) electrons. The topological polar surface area (TPSA) is 66.4 Å². The molecule has 4 nitrogen and oxygen atoms in total. The fourth-order valence-electron chi connectivity index (χ4n) is 3.96. The van der Waals surface area contributed by atoms with E-state index in [2.05, 4.69) is 5.32 Å². The highest BCUT2D eigenvalue weighted by Crippen LogP contribution is 2.43. The fraction of sp³-hybridized carbons (Fsp3) is 0.391. The average Bonchev–Trinajstić information content (AvgIpc) is 2.65. The summed E-state index contributed by atoms with van der Waals surface area (Å²) in [6.07, 6.45) is -3.14. The Labute approximate surface area is 193 Å². The summed E-state index contributed by atoms with van der Waals surface area (Å²) in [4.78, 5) is 24.2. The van der Waals surface area contributed by atoms with Crippen molar-refractivity contribution >= 4 is 40.8 Å². The summed E-state index contributed by atoms with van der Waals surface area (Å²) in [6.45, 7) is 0. The van der Waals surface area contributed by atoms with Crippen LogP contribution in [0.5, 0.6) is 0 Å². The zero-order valence-electron chi connectivity index (χ0n) is 17.0. The lowest BCUT2D eigenvalue weighted by Crippen LogP contribution is -2.26. The summed E-state index contributed by atoms with van der Waals surface area (Å²) in [5.74, 6) is -3.33. The molecule has 32 heavy (non-hydrogen) atoms. The average molecular weight is 488 g/mol. The zero-order valence-corrected chi connectivity index (χ0v) is 18.5. The van der Waals surface area contributed by atoms with E-state index < -0.39 is 30.4 Å². The normalized spacial score (nSPS) is 16.2. The van der Waals surface area contributed by atoms with Crippen molar-refractivity contribution in [3.63, 3.8) is 0 Å². The number of carboxylic acid groups (broad SMARTS) is 1. The third kappa shape index (κ3) is 6.39. The third-order valence-corrected chi connectivity index (χ3v) is 6.40. The summed E-state index contributed by atoms with van der Waals surface area (Å²) in [5, 5.41) is 12.3. The Morgan fingerprint density at radius 1 is 1.06 bits per heavy atom. The highest BCUT2D eigenvalue weighted by Gasteiger charge is 2.37. The minimum absolute atomic E-state index is 0.0683. The highest BCUT2D eigenvalue weighted by atomic mass is 35.5. The van der Waals surface area contributed by atoms with E-state index >= 15 is 0 Å². The first-order chi connectivity index (χ1) is 15.0. The maximum Gasteiger partial charge on any atom is 0.390 e. The molecule has 1 aliphatic carbocycles. The van der Waals surface area contributed by atoms with Crippen molar-refractivity contribution in [2.24, 2.45) is 5.92 Å². The molecule has 1 aliphatic rings. The van der Waals surface area contributed by atoms with Crippen LogP contribution in [-0.2, 0) is 9.59 Å². The van der Waals surface area contributed by atoms with Crippen LogP contribution < -0.4 is 5.32 Å². The van der Waals surface area contributed by atoms with Crippen LogP contribution in [0, 0.1) is 5.92 Å². The first kappa shape index (κ1) is 24.4. The van der Waals surface area contributed by atoms with Crippen molar-refractivity contribution in [3.8, 4) is 0 Å². The Bertz CT molecular complexity index is 975. The molecule has 2 N–H and O–H groups in total. The van der Waals surface area contributed by atoms with Gasteiger partial charge in [0, 0.05) is 5.02 Å². The lowest BCUT2D eigenvalue weighted by Gasteiger charge is -2.33. The molecule has 3 rings (SSSR count). The van der Waals surface area contributed by atoms with Crippen LogP contribution in [0.15, 0.2) is 42.5 Å². The van der Waals surface area contributed by atoms with Crippen LogP contribution in [0.3, 0.4) is 0 Å². The Kier molecular flexibility index (Phi) is 7.72. The summed E-state index contributed by atoms with van der Waals surface area (Å²) in [6, 6.07) is 10.4. The van der Waals surface area contributed by atoms with Gasteiger partial charge in [-0.2, -0.15) is 13.2 Å². The number of nitrogens with one attached hydrogen (secondary N) is 1. The Balaban J connectivity index is 1.87. The molecule has 1 unspecified atom stereocenters. The Morgan fingerprint density at radius 3 is 2.22 bits per heavy atom. The predicted octanol–water partition coefficient (Wildman–Crippen LogP) is 7.03. The minimum Gasteiger partial charge on any atom is -0.481 e. The van der Waals surface area contributed by atoms with Crippen molar-refractivity contribution in [2.45, 2.75) is 50.1 Å². The van der Waals surface area contributed by atoms with Crippen LogP contribution in [-0.4, -0.2) is 23.2 Å². The van der Waals surface area contributed by atoms with Gasteiger partial charge in [0.2, 0.25) is 5.91 Å². The second-order valence-corrected chi connectivity index (χ2v) is 8.89. The number of benzene rings is 2. The van der Waals surface area contributed by atoms with Crippen molar-refractivity contribution in [2.75, 3.05) is 5.32 Å². The molecule has 172 valence electrons. The fourth-order valence-corrected chi connectivity index (χ4v) is 4.26. The zero-order chi connectivity index (χ0) is 23.5. The number of carbonyl (C=O) groups excluding carboxylic acids is 1. The van der Waals surface area contributed by atoms with Crippen LogP contribution in [0.4, 0.5) is 18.9 Å². The molecule has 2 atom stereocenters. The molecule has 2 aromatic carbocycles. The maximum absolute atomic E-state index is 13.2.